The molecule has 1 N–H and O–H groups in total. The van der Waals surface area contributed by atoms with E-state index >= 15 is 0 Å². The molecule has 102 valence electrons. The molecule has 0 atom stereocenters. The van der Waals surface area contributed by atoms with E-state index in [1.54, 1.807) is 0 Å². The molecule has 2 aliphatic rings. The monoisotopic (exact) mass is 260 g/mol. The maximum atomic E-state index is 11.2. The molecule has 0 amide bonds. The fraction of sp³-hybridized carbons (Fsp3) is 0.533. The molecular weight excluding hydrogens is 240 g/mol. The maximum Gasteiger partial charge on any atom is 0.321 e. The molecule has 2 heterocycles. The first-order chi connectivity index (χ1) is 9.26. The summed E-state index contributed by atoms with van der Waals surface area (Å²) >= 11 is 0. The third-order valence-corrected chi connectivity index (χ3v) is 4.09. The molecule has 2 saturated heterocycles. The standard InChI is InChI=1S/C15H20N2O2/c18-14-12-16-15(19-14)7-10-17(11-8-15)9-6-13-4-2-1-3-5-13/h1-5,16H,6-12H2. The van der Waals surface area contributed by atoms with Gasteiger partial charge in [-0.1, -0.05) is 30.3 Å². The molecule has 1 aromatic rings. The van der Waals surface area contributed by atoms with Gasteiger partial charge in [0.05, 0.1) is 6.54 Å². The lowest BCUT2D eigenvalue weighted by atomic mass is 10.0. The molecule has 0 aromatic heterocycles. The Labute approximate surface area is 113 Å². The lowest BCUT2D eigenvalue weighted by Gasteiger charge is -2.37. The highest BCUT2D eigenvalue weighted by atomic mass is 16.6. The lowest BCUT2D eigenvalue weighted by Crippen LogP contribution is -2.51. The van der Waals surface area contributed by atoms with Crippen LogP contribution in [0.15, 0.2) is 30.3 Å². The van der Waals surface area contributed by atoms with Gasteiger partial charge in [-0.3, -0.25) is 10.1 Å². The van der Waals surface area contributed by atoms with Gasteiger partial charge in [0.15, 0.2) is 5.72 Å². The number of benzene rings is 1. The first-order valence-corrected chi connectivity index (χ1v) is 6.99. The van der Waals surface area contributed by atoms with Crippen molar-refractivity contribution in [1.29, 1.82) is 0 Å². The van der Waals surface area contributed by atoms with E-state index in [0.29, 0.717) is 6.54 Å². The summed E-state index contributed by atoms with van der Waals surface area (Å²) < 4.78 is 5.42. The number of carbonyl (C=O) groups excluding carboxylic acids is 1. The van der Waals surface area contributed by atoms with Crippen LogP contribution in [0, 0.1) is 0 Å². The summed E-state index contributed by atoms with van der Waals surface area (Å²) in [4.78, 5) is 13.7. The van der Waals surface area contributed by atoms with Crippen molar-refractivity contribution in [3.8, 4) is 0 Å². The van der Waals surface area contributed by atoms with E-state index in [9.17, 15) is 4.79 Å². The quantitative estimate of drug-likeness (QED) is 0.828. The van der Waals surface area contributed by atoms with Gasteiger partial charge in [-0.05, 0) is 12.0 Å². The minimum absolute atomic E-state index is 0.113. The van der Waals surface area contributed by atoms with Gasteiger partial charge in [0, 0.05) is 32.5 Å². The highest BCUT2D eigenvalue weighted by Gasteiger charge is 2.42. The normalized spacial score (nSPS) is 22.6. The van der Waals surface area contributed by atoms with Crippen LogP contribution in [0.25, 0.3) is 0 Å². The number of carbonyl (C=O) groups is 1. The minimum atomic E-state index is -0.361. The summed E-state index contributed by atoms with van der Waals surface area (Å²) in [5.74, 6) is -0.113. The molecular formula is C15H20N2O2. The van der Waals surface area contributed by atoms with Crippen LogP contribution in [0.4, 0.5) is 0 Å². The van der Waals surface area contributed by atoms with Crippen LogP contribution in [0.3, 0.4) is 0 Å². The summed E-state index contributed by atoms with van der Waals surface area (Å²) in [5.41, 5.74) is 1.02. The molecule has 1 aromatic carbocycles. The first kappa shape index (κ1) is 12.6. The number of nitrogens with zero attached hydrogens (tertiary/aromatic N) is 1. The van der Waals surface area contributed by atoms with Crippen molar-refractivity contribution >= 4 is 5.97 Å². The van der Waals surface area contributed by atoms with Gasteiger partial charge in [0.1, 0.15) is 0 Å². The van der Waals surface area contributed by atoms with Gasteiger partial charge in [-0.15, -0.1) is 0 Å². The summed E-state index contributed by atoms with van der Waals surface area (Å²) in [6.07, 6.45) is 2.88. The van der Waals surface area contributed by atoms with Crippen LogP contribution in [0.5, 0.6) is 0 Å². The number of hydrogen-bond acceptors (Lipinski definition) is 4. The van der Waals surface area contributed by atoms with Crippen molar-refractivity contribution in [1.82, 2.24) is 10.2 Å². The van der Waals surface area contributed by atoms with Gasteiger partial charge in [-0.25, -0.2) is 0 Å². The average Bonchev–Trinajstić information content (AvgIpc) is 2.81. The Morgan fingerprint density at radius 2 is 1.95 bits per heavy atom. The van der Waals surface area contributed by atoms with Gasteiger partial charge in [0.25, 0.3) is 0 Å². The number of likely N-dealkylation sites (tertiary alicyclic amines) is 1. The molecule has 0 radical (unpaired) electrons. The molecule has 0 unspecified atom stereocenters. The zero-order valence-corrected chi connectivity index (χ0v) is 11.1. The second-order valence-electron chi connectivity index (χ2n) is 5.40. The Kier molecular flexibility index (Phi) is 3.53. The topological polar surface area (TPSA) is 41.6 Å². The molecule has 3 rings (SSSR count). The Morgan fingerprint density at radius 3 is 2.58 bits per heavy atom. The fourth-order valence-electron chi connectivity index (χ4n) is 2.87. The Morgan fingerprint density at radius 1 is 1.21 bits per heavy atom. The van der Waals surface area contributed by atoms with Crippen LogP contribution < -0.4 is 5.32 Å². The molecule has 2 fully saturated rings. The van der Waals surface area contributed by atoms with Crippen molar-refractivity contribution in [2.45, 2.75) is 25.0 Å². The summed E-state index contributed by atoms with van der Waals surface area (Å²) in [6, 6.07) is 10.6. The van der Waals surface area contributed by atoms with Gasteiger partial charge >= 0.3 is 5.97 Å². The smallest absolute Gasteiger partial charge is 0.321 e. The molecule has 2 aliphatic heterocycles. The Bertz CT molecular complexity index is 439. The van der Waals surface area contributed by atoms with Crippen LogP contribution in [-0.2, 0) is 16.0 Å². The highest BCUT2D eigenvalue weighted by Crippen LogP contribution is 2.26. The molecule has 19 heavy (non-hydrogen) atoms. The van der Waals surface area contributed by atoms with E-state index in [4.69, 9.17) is 4.74 Å². The first-order valence-electron chi connectivity index (χ1n) is 6.99. The highest BCUT2D eigenvalue weighted by molar-refractivity contribution is 5.74. The van der Waals surface area contributed by atoms with E-state index in [2.05, 4.69) is 34.5 Å². The second kappa shape index (κ2) is 5.31. The Balaban J connectivity index is 1.47. The van der Waals surface area contributed by atoms with Crippen molar-refractivity contribution in [2.75, 3.05) is 26.2 Å². The predicted octanol–water partition coefficient (Wildman–Crippen LogP) is 1.17. The van der Waals surface area contributed by atoms with Crippen LogP contribution in [0.2, 0.25) is 0 Å². The third-order valence-electron chi connectivity index (χ3n) is 4.09. The van der Waals surface area contributed by atoms with Crippen molar-refractivity contribution < 1.29 is 9.53 Å². The number of ether oxygens (including phenoxy) is 1. The second-order valence-corrected chi connectivity index (χ2v) is 5.40. The van der Waals surface area contributed by atoms with Crippen LogP contribution in [0.1, 0.15) is 18.4 Å². The van der Waals surface area contributed by atoms with Gasteiger partial charge in [-0.2, -0.15) is 0 Å². The number of piperidine rings is 1. The van der Waals surface area contributed by atoms with E-state index in [0.717, 1.165) is 38.9 Å². The third kappa shape index (κ3) is 2.96. The molecule has 0 bridgehead atoms. The van der Waals surface area contributed by atoms with E-state index in [-0.39, 0.29) is 11.7 Å². The van der Waals surface area contributed by atoms with Crippen molar-refractivity contribution in [3.05, 3.63) is 35.9 Å². The summed E-state index contributed by atoms with van der Waals surface area (Å²) in [7, 11) is 0. The lowest BCUT2D eigenvalue weighted by molar-refractivity contribution is -0.152. The van der Waals surface area contributed by atoms with Crippen LogP contribution >= 0.6 is 0 Å². The molecule has 4 nitrogen and oxygen atoms in total. The predicted molar refractivity (Wildman–Crippen MR) is 72.6 cm³/mol. The average molecular weight is 260 g/mol. The zero-order valence-electron chi connectivity index (χ0n) is 11.1. The van der Waals surface area contributed by atoms with E-state index in [1.807, 2.05) is 6.07 Å². The van der Waals surface area contributed by atoms with Gasteiger partial charge < -0.3 is 9.64 Å². The van der Waals surface area contributed by atoms with Crippen molar-refractivity contribution in [2.24, 2.45) is 0 Å². The van der Waals surface area contributed by atoms with E-state index < -0.39 is 0 Å². The van der Waals surface area contributed by atoms with Crippen LogP contribution in [-0.4, -0.2) is 42.8 Å². The molecule has 4 heteroatoms. The molecule has 1 spiro atoms. The summed E-state index contributed by atoms with van der Waals surface area (Å²) in [5, 5.41) is 3.22. The van der Waals surface area contributed by atoms with Gasteiger partial charge in [0.2, 0.25) is 0 Å². The Hall–Kier alpha value is -1.39. The minimum Gasteiger partial charge on any atom is -0.443 e. The van der Waals surface area contributed by atoms with E-state index in [1.165, 1.54) is 5.56 Å². The zero-order chi connectivity index (χ0) is 13.1. The maximum absolute atomic E-state index is 11.2. The fourth-order valence-corrected chi connectivity index (χ4v) is 2.87. The number of hydrogen-bond donors (Lipinski definition) is 1. The SMILES string of the molecule is O=C1CNC2(CCN(CCc3ccccc3)CC2)O1. The molecule has 0 aliphatic carbocycles. The summed E-state index contributed by atoms with van der Waals surface area (Å²) in [6.45, 7) is 3.43. The largest absolute Gasteiger partial charge is 0.443 e. The molecule has 0 saturated carbocycles. The van der Waals surface area contributed by atoms with Crippen molar-refractivity contribution in [3.63, 3.8) is 0 Å². The number of nitrogens with one attached hydrogen (secondary N) is 1. The number of esters is 1. The number of rotatable bonds is 3.